The van der Waals surface area contributed by atoms with E-state index in [2.05, 4.69) is 15.4 Å². The molecule has 5 rings (SSSR count). The molecule has 0 bridgehead atoms. The van der Waals surface area contributed by atoms with Crippen molar-refractivity contribution in [1.82, 2.24) is 19.2 Å². The quantitative estimate of drug-likeness (QED) is 0.440. The van der Waals surface area contributed by atoms with Crippen molar-refractivity contribution in [1.29, 1.82) is 0 Å². The van der Waals surface area contributed by atoms with E-state index in [1.165, 1.54) is 0 Å². The van der Waals surface area contributed by atoms with Crippen molar-refractivity contribution < 1.29 is 0 Å². The van der Waals surface area contributed by atoms with Crippen molar-refractivity contribution in [3.63, 3.8) is 0 Å². The van der Waals surface area contributed by atoms with Crippen LogP contribution in [-0.4, -0.2) is 19.2 Å². The second kappa shape index (κ2) is 7.45. The molecule has 0 aliphatic carbocycles. The molecular weight excluding hydrogens is 412 g/mol. The zero-order valence-corrected chi connectivity index (χ0v) is 17.4. The van der Waals surface area contributed by atoms with Crippen molar-refractivity contribution >= 4 is 39.7 Å². The van der Waals surface area contributed by atoms with E-state index < -0.39 is 0 Å². The monoisotopic (exact) mass is 430 g/mol. The number of para-hydroxylation sites is 1. The molecule has 3 N–H and O–H groups in total. The number of anilines is 2. The first kappa shape index (κ1) is 19.1. The largest absolute Gasteiger partial charge is 0.384 e. The number of benzene rings is 2. The van der Waals surface area contributed by atoms with Gasteiger partial charge >= 0.3 is 0 Å². The van der Waals surface area contributed by atoms with Gasteiger partial charge in [0.2, 0.25) is 0 Å². The van der Waals surface area contributed by atoms with E-state index in [0.29, 0.717) is 27.7 Å². The Bertz CT molecular complexity index is 1470. The van der Waals surface area contributed by atoms with Gasteiger partial charge in [-0.3, -0.25) is 9.36 Å². The van der Waals surface area contributed by atoms with E-state index in [1.54, 1.807) is 33.5 Å². The third-order valence-corrected chi connectivity index (χ3v) is 5.54. The Balaban J connectivity index is 1.71. The van der Waals surface area contributed by atoms with Crippen LogP contribution < -0.4 is 16.6 Å². The molecular formula is C23H19ClN6O. The highest BCUT2D eigenvalue weighted by Crippen LogP contribution is 2.27. The molecule has 0 fully saturated rings. The molecule has 0 saturated heterocycles. The lowest BCUT2D eigenvalue weighted by molar-refractivity contribution is 0.764. The van der Waals surface area contributed by atoms with Gasteiger partial charge in [0, 0.05) is 23.5 Å². The molecule has 8 heteroatoms. The number of rotatable bonds is 4. The first-order valence-corrected chi connectivity index (χ1v) is 10.2. The Kier molecular flexibility index (Phi) is 4.60. The summed E-state index contributed by atoms with van der Waals surface area (Å²) in [6.45, 7) is 1.98. The number of nitrogens with two attached hydrogens (primary N) is 1. The Morgan fingerprint density at radius 3 is 2.68 bits per heavy atom. The van der Waals surface area contributed by atoms with Gasteiger partial charge in [-0.05, 0) is 36.6 Å². The number of halogens is 1. The van der Waals surface area contributed by atoms with Crippen molar-refractivity contribution in [3.05, 3.63) is 94.0 Å². The molecule has 0 aliphatic rings. The number of hydrogen-bond acceptors (Lipinski definition) is 5. The molecule has 1 unspecified atom stereocenters. The number of hydrogen-bond donors (Lipinski definition) is 2. The molecule has 31 heavy (non-hydrogen) atoms. The summed E-state index contributed by atoms with van der Waals surface area (Å²) < 4.78 is 3.37. The van der Waals surface area contributed by atoms with Crippen LogP contribution in [0.1, 0.15) is 18.7 Å². The highest BCUT2D eigenvalue weighted by atomic mass is 35.5. The normalized spacial score (nSPS) is 12.3. The van der Waals surface area contributed by atoms with Crippen LogP contribution in [0.2, 0.25) is 5.02 Å². The van der Waals surface area contributed by atoms with Gasteiger partial charge in [0.25, 0.3) is 5.56 Å². The van der Waals surface area contributed by atoms with E-state index in [9.17, 15) is 4.79 Å². The zero-order chi connectivity index (χ0) is 21.5. The average molecular weight is 431 g/mol. The zero-order valence-electron chi connectivity index (χ0n) is 16.7. The third-order valence-electron chi connectivity index (χ3n) is 5.23. The van der Waals surface area contributed by atoms with Gasteiger partial charge in [0.05, 0.1) is 22.6 Å². The topological polar surface area (TPSA) is 90.2 Å². The SMILES string of the molecule is CC(Nc1cc(N)nc2ccnn12)c1cc2cccc(Cl)c2c(=O)n1-c1ccccc1. The first-order chi connectivity index (χ1) is 15.0. The molecule has 1 atom stereocenters. The van der Waals surface area contributed by atoms with E-state index in [1.807, 2.05) is 55.5 Å². The van der Waals surface area contributed by atoms with E-state index in [-0.39, 0.29) is 11.6 Å². The summed E-state index contributed by atoms with van der Waals surface area (Å²) in [5, 5.41) is 9.46. The molecule has 5 aromatic rings. The second-order valence-corrected chi connectivity index (χ2v) is 7.69. The minimum Gasteiger partial charge on any atom is -0.384 e. The second-order valence-electron chi connectivity index (χ2n) is 7.28. The number of aromatic nitrogens is 4. The van der Waals surface area contributed by atoms with Crippen LogP contribution in [-0.2, 0) is 0 Å². The number of nitrogens with zero attached hydrogens (tertiary/aromatic N) is 4. The Morgan fingerprint density at radius 2 is 1.87 bits per heavy atom. The minimum atomic E-state index is -0.259. The summed E-state index contributed by atoms with van der Waals surface area (Å²) in [6.07, 6.45) is 1.66. The Labute approximate surface area is 182 Å². The third kappa shape index (κ3) is 3.29. The highest BCUT2D eigenvalue weighted by molar-refractivity contribution is 6.35. The summed E-state index contributed by atoms with van der Waals surface area (Å²) in [7, 11) is 0. The van der Waals surface area contributed by atoms with Crippen LogP contribution >= 0.6 is 11.6 Å². The van der Waals surface area contributed by atoms with Crippen molar-refractivity contribution in [2.24, 2.45) is 0 Å². The summed E-state index contributed by atoms with van der Waals surface area (Å²) in [5.74, 6) is 1.06. The molecule has 0 saturated carbocycles. The number of pyridine rings is 1. The van der Waals surface area contributed by atoms with Crippen molar-refractivity contribution in [2.45, 2.75) is 13.0 Å². The standard InChI is InChI=1S/C23H19ClN6O/c1-14(27-21-13-19(25)28-20-10-11-26-30(20)21)18-12-15-6-5-9-17(24)22(15)23(31)29(18)16-7-3-2-4-8-16/h2-14,27H,1H3,(H2,25,28). The van der Waals surface area contributed by atoms with Gasteiger partial charge in [-0.15, -0.1) is 0 Å². The maximum Gasteiger partial charge on any atom is 0.264 e. The Hall–Kier alpha value is -3.84. The molecule has 3 aromatic heterocycles. The fourth-order valence-electron chi connectivity index (χ4n) is 3.83. The molecule has 0 amide bonds. The van der Waals surface area contributed by atoms with Gasteiger partial charge in [-0.1, -0.05) is 41.9 Å². The van der Waals surface area contributed by atoms with Crippen LogP contribution in [0.15, 0.2) is 77.7 Å². The molecule has 0 spiro atoms. The van der Waals surface area contributed by atoms with Gasteiger partial charge < -0.3 is 11.1 Å². The fourth-order valence-corrected chi connectivity index (χ4v) is 4.10. The number of fused-ring (bicyclic) bond motifs is 2. The molecule has 0 aliphatic heterocycles. The number of nitrogen functional groups attached to an aromatic ring is 1. The van der Waals surface area contributed by atoms with E-state index in [4.69, 9.17) is 17.3 Å². The van der Waals surface area contributed by atoms with Crippen molar-refractivity contribution in [2.75, 3.05) is 11.1 Å². The first-order valence-electron chi connectivity index (χ1n) is 9.79. The van der Waals surface area contributed by atoms with Crippen LogP contribution in [0.4, 0.5) is 11.6 Å². The van der Waals surface area contributed by atoms with Gasteiger partial charge in [-0.25, -0.2) is 4.98 Å². The summed E-state index contributed by atoms with van der Waals surface area (Å²) in [4.78, 5) is 17.8. The van der Waals surface area contributed by atoms with Crippen LogP contribution in [0.5, 0.6) is 0 Å². The molecule has 0 radical (unpaired) electrons. The molecule has 154 valence electrons. The molecule has 3 heterocycles. The lowest BCUT2D eigenvalue weighted by Gasteiger charge is -2.22. The maximum atomic E-state index is 13.6. The molecule has 2 aromatic carbocycles. The summed E-state index contributed by atoms with van der Waals surface area (Å²) in [5.41, 5.74) is 7.98. The van der Waals surface area contributed by atoms with Crippen LogP contribution in [0.3, 0.4) is 0 Å². The summed E-state index contributed by atoms with van der Waals surface area (Å²) in [6, 6.07) is 20.2. The smallest absolute Gasteiger partial charge is 0.264 e. The van der Waals surface area contributed by atoms with Crippen LogP contribution in [0.25, 0.3) is 22.1 Å². The van der Waals surface area contributed by atoms with Crippen LogP contribution in [0, 0.1) is 0 Å². The average Bonchev–Trinajstić information content (AvgIpc) is 3.22. The van der Waals surface area contributed by atoms with Crippen molar-refractivity contribution in [3.8, 4) is 5.69 Å². The molecule has 7 nitrogen and oxygen atoms in total. The van der Waals surface area contributed by atoms with E-state index in [0.717, 1.165) is 16.8 Å². The Morgan fingerprint density at radius 1 is 1.06 bits per heavy atom. The van der Waals surface area contributed by atoms with E-state index >= 15 is 0 Å². The van der Waals surface area contributed by atoms with Gasteiger partial charge in [-0.2, -0.15) is 9.61 Å². The van der Waals surface area contributed by atoms with Gasteiger partial charge in [0.15, 0.2) is 5.65 Å². The fraction of sp³-hybridized carbons (Fsp3) is 0.0870. The lowest BCUT2D eigenvalue weighted by Crippen LogP contribution is -2.26. The predicted molar refractivity (Wildman–Crippen MR) is 124 cm³/mol. The predicted octanol–water partition coefficient (Wildman–Crippen LogP) is 4.44. The maximum absolute atomic E-state index is 13.6. The number of nitrogens with one attached hydrogen (secondary N) is 1. The lowest BCUT2D eigenvalue weighted by atomic mass is 10.1. The highest BCUT2D eigenvalue weighted by Gasteiger charge is 2.19. The summed E-state index contributed by atoms with van der Waals surface area (Å²) >= 11 is 6.39. The van der Waals surface area contributed by atoms with Gasteiger partial charge in [0.1, 0.15) is 11.6 Å². The minimum absolute atomic E-state index is 0.170.